The van der Waals surface area contributed by atoms with E-state index in [1.165, 1.54) is 12.3 Å². The number of carbonyl (C=O) groups is 1. The Morgan fingerprint density at radius 1 is 1.35 bits per heavy atom. The topological polar surface area (TPSA) is 65.1 Å². The standard InChI is InChI=1S/C16H18FN5O/c1-21-7-11-8-22(16(23)14-6-18-20-19-14)9-13(11)15(21)10-3-2-4-12(17)5-10/h2-6,11,13,15H,7-9H2,1H3,(H,18,19,20)/t11-,13+,15-/m0/s1. The van der Waals surface area contributed by atoms with Crippen LogP contribution in [0.2, 0.25) is 0 Å². The number of likely N-dealkylation sites (tertiary alicyclic amines) is 2. The van der Waals surface area contributed by atoms with Crippen LogP contribution in [0.25, 0.3) is 0 Å². The van der Waals surface area contributed by atoms with Crippen LogP contribution in [-0.4, -0.2) is 57.8 Å². The molecule has 2 saturated heterocycles. The van der Waals surface area contributed by atoms with Gasteiger partial charge in [-0.25, -0.2) is 4.39 Å². The summed E-state index contributed by atoms with van der Waals surface area (Å²) < 4.78 is 13.6. The molecule has 1 amide bonds. The summed E-state index contributed by atoms with van der Waals surface area (Å²) in [5, 5.41) is 10.0. The van der Waals surface area contributed by atoms with E-state index >= 15 is 0 Å². The second kappa shape index (κ2) is 5.42. The smallest absolute Gasteiger partial charge is 0.276 e. The minimum Gasteiger partial charge on any atom is -0.336 e. The van der Waals surface area contributed by atoms with Crippen molar-refractivity contribution < 1.29 is 9.18 Å². The summed E-state index contributed by atoms with van der Waals surface area (Å²) in [5.41, 5.74) is 1.33. The van der Waals surface area contributed by atoms with Crippen molar-refractivity contribution in [3.05, 3.63) is 47.5 Å². The molecule has 0 bridgehead atoms. The molecule has 1 aromatic carbocycles. The molecule has 2 aliphatic heterocycles. The molecule has 3 heterocycles. The van der Waals surface area contributed by atoms with Gasteiger partial charge in [0.1, 0.15) is 5.82 Å². The molecule has 1 N–H and O–H groups in total. The molecule has 0 aliphatic carbocycles. The van der Waals surface area contributed by atoms with E-state index in [4.69, 9.17) is 0 Å². The summed E-state index contributed by atoms with van der Waals surface area (Å²) in [6.45, 7) is 2.29. The Labute approximate surface area is 133 Å². The van der Waals surface area contributed by atoms with E-state index in [1.807, 2.05) is 11.0 Å². The maximum absolute atomic E-state index is 13.6. The lowest BCUT2D eigenvalue weighted by Gasteiger charge is -2.26. The van der Waals surface area contributed by atoms with Gasteiger partial charge in [-0.2, -0.15) is 15.4 Å². The number of hydrogen-bond donors (Lipinski definition) is 1. The van der Waals surface area contributed by atoms with Crippen molar-refractivity contribution in [2.45, 2.75) is 6.04 Å². The number of fused-ring (bicyclic) bond motifs is 1. The van der Waals surface area contributed by atoms with Gasteiger partial charge in [0, 0.05) is 31.6 Å². The maximum atomic E-state index is 13.6. The van der Waals surface area contributed by atoms with Gasteiger partial charge < -0.3 is 4.90 Å². The highest BCUT2D eigenvalue weighted by Crippen LogP contribution is 2.44. The average molecular weight is 315 g/mol. The highest BCUT2D eigenvalue weighted by atomic mass is 19.1. The third-order valence-corrected chi connectivity index (χ3v) is 5.01. The quantitative estimate of drug-likeness (QED) is 0.908. The lowest BCUT2D eigenvalue weighted by Crippen LogP contribution is -2.33. The zero-order chi connectivity index (χ0) is 16.0. The number of nitrogens with zero attached hydrogens (tertiary/aromatic N) is 4. The van der Waals surface area contributed by atoms with Crippen molar-refractivity contribution in [1.82, 2.24) is 25.2 Å². The van der Waals surface area contributed by atoms with Crippen molar-refractivity contribution in [3.63, 3.8) is 0 Å². The number of amides is 1. The van der Waals surface area contributed by atoms with Crippen molar-refractivity contribution in [3.8, 4) is 0 Å². The molecule has 0 radical (unpaired) electrons. The number of carbonyl (C=O) groups excluding carboxylic acids is 1. The number of nitrogens with one attached hydrogen (secondary N) is 1. The largest absolute Gasteiger partial charge is 0.336 e. The molecular formula is C16H18FN5O. The Kier molecular flexibility index (Phi) is 3.37. The van der Waals surface area contributed by atoms with Crippen LogP contribution < -0.4 is 0 Å². The fraction of sp³-hybridized carbons (Fsp3) is 0.438. The van der Waals surface area contributed by atoms with Gasteiger partial charge in [0.25, 0.3) is 5.91 Å². The zero-order valence-electron chi connectivity index (χ0n) is 12.8. The molecule has 4 rings (SSSR count). The van der Waals surface area contributed by atoms with Gasteiger partial charge in [-0.15, -0.1) is 0 Å². The van der Waals surface area contributed by atoms with Crippen LogP contribution in [0.4, 0.5) is 4.39 Å². The monoisotopic (exact) mass is 315 g/mol. The highest BCUT2D eigenvalue weighted by Gasteiger charge is 2.47. The van der Waals surface area contributed by atoms with E-state index < -0.39 is 0 Å². The van der Waals surface area contributed by atoms with Gasteiger partial charge in [0.2, 0.25) is 0 Å². The maximum Gasteiger partial charge on any atom is 0.276 e. The molecule has 7 heteroatoms. The predicted molar refractivity (Wildman–Crippen MR) is 81.0 cm³/mol. The first kappa shape index (κ1) is 14.3. The third-order valence-electron chi connectivity index (χ3n) is 5.01. The molecule has 0 spiro atoms. The molecular weight excluding hydrogens is 297 g/mol. The van der Waals surface area contributed by atoms with Gasteiger partial charge in [-0.05, 0) is 30.7 Å². The first-order valence-corrected chi connectivity index (χ1v) is 7.74. The molecule has 23 heavy (non-hydrogen) atoms. The van der Waals surface area contributed by atoms with Crippen LogP contribution in [0.5, 0.6) is 0 Å². The van der Waals surface area contributed by atoms with Gasteiger partial charge in [-0.1, -0.05) is 12.1 Å². The number of rotatable bonds is 2. The van der Waals surface area contributed by atoms with Gasteiger partial charge >= 0.3 is 0 Å². The number of aromatic amines is 1. The fourth-order valence-corrected chi connectivity index (χ4v) is 4.08. The summed E-state index contributed by atoms with van der Waals surface area (Å²) >= 11 is 0. The van der Waals surface area contributed by atoms with E-state index in [-0.39, 0.29) is 17.8 Å². The minimum atomic E-state index is -0.215. The number of hydrogen-bond acceptors (Lipinski definition) is 4. The van der Waals surface area contributed by atoms with Crippen LogP contribution in [0, 0.1) is 17.7 Å². The van der Waals surface area contributed by atoms with E-state index in [1.54, 1.807) is 12.1 Å². The molecule has 120 valence electrons. The van der Waals surface area contributed by atoms with E-state index in [0.717, 1.165) is 12.1 Å². The first-order chi connectivity index (χ1) is 11.1. The Morgan fingerprint density at radius 2 is 2.22 bits per heavy atom. The average Bonchev–Trinajstić information content (AvgIpc) is 3.21. The molecule has 0 saturated carbocycles. The molecule has 2 fully saturated rings. The predicted octanol–water partition coefficient (Wildman–Crippen LogP) is 1.32. The van der Waals surface area contributed by atoms with Gasteiger partial charge in [0.05, 0.1) is 6.20 Å². The third kappa shape index (κ3) is 2.41. The van der Waals surface area contributed by atoms with Gasteiger partial charge in [-0.3, -0.25) is 9.69 Å². The van der Waals surface area contributed by atoms with Crippen molar-refractivity contribution in [2.24, 2.45) is 11.8 Å². The number of halogens is 1. The minimum absolute atomic E-state index is 0.0891. The van der Waals surface area contributed by atoms with E-state index in [2.05, 4.69) is 27.4 Å². The van der Waals surface area contributed by atoms with Crippen LogP contribution in [0.15, 0.2) is 30.5 Å². The highest BCUT2D eigenvalue weighted by molar-refractivity contribution is 5.92. The summed E-state index contributed by atoms with van der Waals surface area (Å²) in [6, 6.07) is 6.93. The van der Waals surface area contributed by atoms with Gasteiger partial charge in [0.15, 0.2) is 5.69 Å². The van der Waals surface area contributed by atoms with E-state index in [0.29, 0.717) is 30.6 Å². The molecule has 2 aliphatic rings. The second-order valence-corrected chi connectivity index (χ2v) is 6.43. The molecule has 6 nitrogen and oxygen atoms in total. The summed E-state index contributed by atoms with van der Waals surface area (Å²) in [7, 11) is 2.07. The SMILES string of the molecule is CN1C[C@H]2CN(C(=O)c3cn[nH]n3)C[C@H]2[C@@H]1c1cccc(F)c1. The van der Waals surface area contributed by atoms with Crippen LogP contribution in [-0.2, 0) is 0 Å². The number of H-pyrrole nitrogens is 1. The number of aromatic nitrogens is 3. The van der Waals surface area contributed by atoms with Crippen molar-refractivity contribution in [1.29, 1.82) is 0 Å². The Balaban J connectivity index is 1.57. The van der Waals surface area contributed by atoms with Crippen molar-refractivity contribution in [2.75, 3.05) is 26.7 Å². The Hall–Kier alpha value is -2.28. The fourth-order valence-electron chi connectivity index (χ4n) is 4.08. The summed E-state index contributed by atoms with van der Waals surface area (Å²) in [6.07, 6.45) is 1.45. The number of benzene rings is 1. The second-order valence-electron chi connectivity index (χ2n) is 6.43. The van der Waals surface area contributed by atoms with E-state index in [9.17, 15) is 9.18 Å². The lowest BCUT2D eigenvalue weighted by atomic mass is 9.89. The normalized spacial score (nSPS) is 27.4. The Morgan fingerprint density at radius 3 is 2.96 bits per heavy atom. The van der Waals surface area contributed by atoms with Crippen LogP contribution >= 0.6 is 0 Å². The lowest BCUT2D eigenvalue weighted by molar-refractivity contribution is 0.0762. The first-order valence-electron chi connectivity index (χ1n) is 7.74. The molecule has 3 atom stereocenters. The Bertz CT molecular complexity index is 719. The van der Waals surface area contributed by atoms with Crippen LogP contribution in [0.1, 0.15) is 22.1 Å². The molecule has 0 unspecified atom stereocenters. The molecule has 1 aromatic heterocycles. The zero-order valence-corrected chi connectivity index (χ0v) is 12.8. The van der Waals surface area contributed by atoms with Crippen molar-refractivity contribution >= 4 is 5.91 Å². The molecule has 2 aromatic rings. The summed E-state index contributed by atoms with van der Waals surface area (Å²) in [4.78, 5) is 16.6. The summed E-state index contributed by atoms with van der Waals surface area (Å²) in [5.74, 6) is 0.420. The van der Waals surface area contributed by atoms with Crippen LogP contribution in [0.3, 0.4) is 0 Å².